The predicted molar refractivity (Wildman–Crippen MR) is 66.5 cm³/mol. The highest BCUT2D eigenvalue weighted by Crippen LogP contribution is 2.31. The van der Waals surface area contributed by atoms with E-state index in [-0.39, 0.29) is 6.04 Å². The smallest absolute Gasteiger partial charge is 0.0545 e. The van der Waals surface area contributed by atoms with Gasteiger partial charge in [0.1, 0.15) is 0 Å². The Kier molecular flexibility index (Phi) is 3.77. The second kappa shape index (κ2) is 4.88. The van der Waals surface area contributed by atoms with E-state index in [1.165, 1.54) is 23.5 Å². The number of nitrogens with two attached hydrogens (primary N) is 1. The molecule has 1 saturated heterocycles. The van der Waals surface area contributed by atoms with Crippen LogP contribution < -0.4 is 5.73 Å². The van der Waals surface area contributed by atoms with Gasteiger partial charge in [-0.15, -0.1) is 11.3 Å². The molecule has 0 saturated carbocycles. The SMILES string of the molecule is NC(Cc1sccc1Cl)C1CCCS1. The fourth-order valence-electron chi connectivity index (χ4n) is 1.76. The lowest BCUT2D eigenvalue weighted by molar-refractivity contribution is 0.613. The van der Waals surface area contributed by atoms with Gasteiger partial charge in [0.05, 0.1) is 5.02 Å². The van der Waals surface area contributed by atoms with Gasteiger partial charge in [-0.05, 0) is 36.5 Å². The Morgan fingerprint density at radius 3 is 3.07 bits per heavy atom. The molecule has 78 valence electrons. The van der Waals surface area contributed by atoms with E-state index in [2.05, 4.69) is 0 Å². The van der Waals surface area contributed by atoms with Gasteiger partial charge in [0.25, 0.3) is 0 Å². The lowest BCUT2D eigenvalue weighted by atomic mass is 10.1. The van der Waals surface area contributed by atoms with Crippen molar-refractivity contribution in [2.24, 2.45) is 5.73 Å². The Hall–Kier alpha value is 0.300. The molecule has 1 aromatic rings. The molecular weight excluding hydrogens is 234 g/mol. The molecule has 0 radical (unpaired) electrons. The molecule has 2 rings (SSSR count). The minimum atomic E-state index is 0.277. The summed E-state index contributed by atoms with van der Waals surface area (Å²) >= 11 is 9.77. The maximum Gasteiger partial charge on any atom is 0.0545 e. The normalized spacial score (nSPS) is 24.0. The zero-order chi connectivity index (χ0) is 9.97. The molecule has 2 unspecified atom stereocenters. The lowest BCUT2D eigenvalue weighted by Crippen LogP contribution is -2.32. The van der Waals surface area contributed by atoms with E-state index < -0.39 is 0 Å². The third-order valence-corrected chi connectivity index (χ3v) is 5.50. The topological polar surface area (TPSA) is 26.0 Å². The second-order valence-corrected chi connectivity index (χ2v) is 6.37. The Morgan fingerprint density at radius 1 is 1.64 bits per heavy atom. The van der Waals surface area contributed by atoms with Crippen molar-refractivity contribution in [3.8, 4) is 0 Å². The minimum Gasteiger partial charge on any atom is -0.326 e. The van der Waals surface area contributed by atoms with Crippen LogP contribution >= 0.6 is 34.7 Å². The molecule has 0 bridgehead atoms. The maximum atomic E-state index is 6.17. The Balaban J connectivity index is 1.93. The van der Waals surface area contributed by atoms with E-state index in [1.807, 2.05) is 23.2 Å². The van der Waals surface area contributed by atoms with E-state index in [9.17, 15) is 0 Å². The first-order chi connectivity index (χ1) is 6.77. The van der Waals surface area contributed by atoms with Crippen LogP contribution in [0.5, 0.6) is 0 Å². The maximum absolute atomic E-state index is 6.17. The van der Waals surface area contributed by atoms with Crippen molar-refractivity contribution in [2.45, 2.75) is 30.6 Å². The van der Waals surface area contributed by atoms with E-state index in [1.54, 1.807) is 11.3 Å². The Morgan fingerprint density at radius 2 is 2.50 bits per heavy atom. The quantitative estimate of drug-likeness (QED) is 0.888. The van der Waals surface area contributed by atoms with Crippen LogP contribution in [0.1, 0.15) is 17.7 Å². The van der Waals surface area contributed by atoms with Crippen LogP contribution in [0.25, 0.3) is 0 Å². The summed E-state index contributed by atoms with van der Waals surface area (Å²) in [6, 6.07) is 2.23. The molecule has 14 heavy (non-hydrogen) atoms. The molecule has 2 N–H and O–H groups in total. The van der Waals surface area contributed by atoms with Gasteiger partial charge in [-0.1, -0.05) is 11.6 Å². The minimum absolute atomic E-state index is 0.277. The van der Waals surface area contributed by atoms with Gasteiger partial charge >= 0.3 is 0 Å². The van der Waals surface area contributed by atoms with Gasteiger partial charge in [-0.25, -0.2) is 0 Å². The van der Waals surface area contributed by atoms with Gasteiger partial charge in [0.2, 0.25) is 0 Å². The van der Waals surface area contributed by atoms with Crippen LogP contribution in [-0.4, -0.2) is 17.0 Å². The summed E-state index contributed by atoms with van der Waals surface area (Å²) in [5.74, 6) is 1.27. The van der Waals surface area contributed by atoms with E-state index >= 15 is 0 Å². The fourth-order valence-corrected chi connectivity index (χ4v) is 4.26. The molecule has 1 aliphatic heterocycles. The monoisotopic (exact) mass is 247 g/mol. The van der Waals surface area contributed by atoms with Crippen molar-refractivity contribution >= 4 is 34.7 Å². The van der Waals surface area contributed by atoms with Crippen LogP contribution in [-0.2, 0) is 6.42 Å². The number of halogens is 1. The zero-order valence-electron chi connectivity index (χ0n) is 7.91. The first-order valence-electron chi connectivity index (χ1n) is 4.86. The van der Waals surface area contributed by atoms with E-state index in [0.717, 1.165) is 11.4 Å². The standard InChI is InChI=1S/C10H14ClNS2/c11-7-3-5-14-10(7)6-8(12)9-2-1-4-13-9/h3,5,8-9H,1-2,4,6,12H2. The predicted octanol–water partition coefficient (Wildman–Crippen LogP) is 3.17. The average Bonchev–Trinajstić information content (AvgIpc) is 2.77. The molecule has 2 atom stereocenters. The van der Waals surface area contributed by atoms with Crippen LogP contribution in [0.15, 0.2) is 11.4 Å². The van der Waals surface area contributed by atoms with Crippen LogP contribution in [0.4, 0.5) is 0 Å². The highest BCUT2D eigenvalue weighted by Gasteiger charge is 2.23. The molecule has 0 aromatic carbocycles. The van der Waals surface area contributed by atoms with Crippen LogP contribution in [0.3, 0.4) is 0 Å². The fraction of sp³-hybridized carbons (Fsp3) is 0.600. The number of hydrogen-bond acceptors (Lipinski definition) is 3. The molecule has 4 heteroatoms. The third kappa shape index (κ3) is 2.45. The largest absolute Gasteiger partial charge is 0.326 e. The molecule has 2 heterocycles. The molecule has 0 amide bonds. The zero-order valence-corrected chi connectivity index (χ0v) is 10.3. The van der Waals surface area contributed by atoms with Crippen molar-refractivity contribution in [1.29, 1.82) is 0 Å². The molecule has 1 nitrogen and oxygen atoms in total. The molecule has 1 aromatic heterocycles. The summed E-state index contributed by atoms with van der Waals surface area (Å²) in [6.45, 7) is 0. The Labute approximate surface area is 98.0 Å². The number of thiophene rings is 1. The lowest BCUT2D eigenvalue weighted by Gasteiger charge is -2.17. The van der Waals surface area contributed by atoms with Crippen molar-refractivity contribution < 1.29 is 0 Å². The van der Waals surface area contributed by atoms with Crippen LogP contribution in [0.2, 0.25) is 5.02 Å². The highest BCUT2D eigenvalue weighted by atomic mass is 35.5. The molecule has 1 aliphatic rings. The summed E-state index contributed by atoms with van der Waals surface area (Å²) in [5, 5.41) is 3.56. The van der Waals surface area contributed by atoms with Gasteiger partial charge in [0.15, 0.2) is 0 Å². The van der Waals surface area contributed by atoms with E-state index in [0.29, 0.717) is 5.25 Å². The third-order valence-electron chi connectivity index (χ3n) is 2.55. The summed E-state index contributed by atoms with van der Waals surface area (Å²) < 4.78 is 0. The van der Waals surface area contributed by atoms with E-state index in [4.69, 9.17) is 17.3 Å². The highest BCUT2D eigenvalue weighted by molar-refractivity contribution is 8.00. The Bertz CT molecular complexity index is 294. The van der Waals surface area contributed by atoms with Crippen molar-refractivity contribution in [3.63, 3.8) is 0 Å². The van der Waals surface area contributed by atoms with Crippen molar-refractivity contribution in [2.75, 3.05) is 5.75 Å². The average molecular weight is 248 g/mol. The van der Waals surface area contributed by atoms with Crippen molar-refractivity contribution in [3.05, 3.63) is 21.3 Å². The second-order valence-electron chi connectivity index (χ2n) is 3.61. The number of rotatable bonds is 3. The summed E-state index contributed by atoms with van der Waals surface area (Å²) in [7, 11) is 0. The van der Waals surface area contributed by atoms with Gasteiger partial charge in [-0.2, -0.15) is 11.8 Å². The van der Waals surface area contributed by atoms with Crippen molar-refractivity contribution in [1.82, 2.24) is 0 Å². The van der Waals surface area contributed by atoms with Gasteiger partial charge in [0, 0.05) is 16.2 Å². The molecule has 1 fully saturated rings. The first kappa shape index (κ1) is 10.8. The summed E-state index contributed by atoms with van der Waals surface area (Å²) in [5.41, 5.74) is 6.17. The molecule has 0 aliphatic carbocycles. The number of hydrogen-bond donors (Lipinski definition) is 1. The first-order valence-corrected chi connectivity index (χ1v) is 7.17. The summed E-state index contributed by atoms with van der Waals surface area (Å²) in [6.07, 6.45) is 3.53. The van der Waals surface area contributed by atoms with Gasteiger partial charge in [-0.3, -0.25) is 0 Å². The number of thioether (sulfide) groups is 1. The molecular formula is C10H14ClNS2. The summed E-state index contributed by atoms with van der Waals surface area (Å²) in [4.78, 5) is 1.24. The van der Waals surface area contributed by atoms with Crippen LogP contribution in [0, 0.1) is 0 Å². The molecule has 0 spiro atoms. The van der Waals surface area contributed by atoms with Gasteiger partial charge < -0.3 is 5.73 Å².